The summed E-state index contributed by atoms with van der Waals surface area (Å²) in [6.45, 7) is 20.6. The van der Waals surface area contributed by atoms with Gasteiger partial charge in [-0.2, -0.15) is 0 Å². The zero-order valence-electron chi connectivity index (χ0n) is 26.2. The number of carbonyl (C=O) groups excluding carboxylic acids is 4. The standard InChI is InChI=1S/C38H34O8/c1-23(2)35(39)43-31-17-11-27(12-18-31)9-15-29-21-34(46-38(42)26(7)8)30(22-33(29)45-37(41)25(5)6)16-10-28-13-19-32(20-14-28)44-36(40)24(3)4/h9-22H,1,3,5,7H2,2,4,6,8H3/b15-9+,16-10+. The minimum Gasteiger partial charge on any atom is -0.423 e. The van der Waals surface area contributed by atoms with E-state index in [-0.39, 0.29) is 33.8 Å². The van der Waals surface area contributed by atoms with Gasteiger partial charge in [-0.05, 0) is 75.2 Å². The highest BCUT2D eigenvalue weighted by atomic mass is 16.5. The molecule has 0 aliphatic heterocycles. The van der Waals surface area contributed by atoms with Gasteiger partial charge in [0, 0.05) is 33.4 Å². The van der Waals surface area contributed by atoms with Crippen LogP contribution in [-0.2, 0) is 19.2 Å². The number of ether oxygens (including phenoxy) is 4. The molecule has 0 aliphatic carbocycles. The third-order valence-electron chi connectivity index (χ3n) is 6.03. The molecule has 0 unspecified atom stereocenters. The first-order valence-corrected chi connectivity index (χ1v) is 14.0. The van der Waals surface area contributed by atoms with Crippen molar-refractivity contribution in [1.29, 1.82) is 0 Å². The first-order valence-electron chi connectivity index (χ1n) is 14.0. The maximum Gasteiger partial charge on any atom is 0.338 e. The molecular formula is C38H34O8. The van der Waals surface area contributed by atoms with E-state index in [1.807, 2.05) is 0 Å². The molecule has 0 fully saturated rings. The fourth-order valence-electron chi connectivity index (χ4n) is 3.46. The van der Waals surface area contributed by atoms with Crippen LogP contribution < -0.4 is 18.9 Å². The van der Waals surface area contributed by atoms with Crippen molar-refractivity contribution in [3.05, 3.63) is 132 Å². The number of esters is 4. The quantitative estimate of drug-likeness (QED) is 0.0872. The SMILES string of the molecule is C=C(C)C(=O)Oc1ccc(/C=C/c2cc(OC(=O)C(=C)C)c(/C=C/c3ccc(OC(=O)C(=C)C)cc3)cc2OC(=O)C(=C)C)cc1. The van der Waals surface area contributed by atoms with Crippen molar-refractivity contribution in [2.45, 2.75) is 27.7 Å². The molecule has 3 rings (SSSR count). The Kier molecular flexibility index (Phi) is 11.7. The Bertz CT molecular complexity index is 1650. The molecule has 0 amide bonds. The van der Waals surface area contributed by atoms with Gasteiger partial charge in [0.15, 0.2) is 0 Å². The van der Waals surface area contributed by atoms with Crippen LogP contribution in [0.2, 0.25) is 0 Å². The number of benzene rings is 3. The van der Waals surface area contributed by atoms with Crippen LogP contribution in [0.25, 0.3) is 24.3 Å². The van der Waals surface area contributed by atoms with E-state index in [1.165, 1.54) is 13.8 Å². The Balaban J connectivity index is 2.02. The monoisotopic (exact) mass is 618 g/mol. The summed E-state index contributed by atoms with van der Waals surface area (Å²) in [4.78, 5) is 48.7. The van der Waals surface area contributed by atoms with Crippen LogP contribution in [0, 0.1) is 0 Å². The molecule has 0 aromatic heterocycles. The van der Waals surface area contributed by atoms with Gasteiger partial charge in [-0.1, -0.05) is 74.9 Å². The Morgan fingerprint density at radius 1 is 0.457 bits per heavy atom. The highest BCUT2D eigenvalue weighted by Crippen LogP contribution is 2.33. The zero-order chi connectivity index (χ0) is 34.0. The van der Waals surface area contributed by atoms with E-state index in [1.54, 1.807) is 98.8 Å². The van der Waals surface area contributed by atoms with Crippen LogP contribution >= 0.6 is 0 Å². The van der Waals surface area contributed by atoms with Gasteiger partial charge in [0.1, 0.15) is 23.0 Å². The molecule has 3 aromatic carbocycles. The first-order chi connectivity index (χ1) is 21.7. The van der Waals surface area contributed by atoms with Crippen LogP contribution in [0.1, 0.15) is 49.9 Å². The number of hydrogen-bond donors (Lipinski definition) is 0. The van der Waals surface area contributed by atoms with E-state index >= 15 is 0 Å². The lowest BCUT2D eigenvalue weighted by Crippen LogP contribution is -2.11. The number of hydrogen-bond acceptors (Lipinski definition) is 8. The van der Waals surface area contributed by atoms with E-state index in [0.29, 0.717) is 22.6 Å². The van der Waals surface area contributed by atoms with Crippen LogP contribution in [0.15, 0.2) is 109 Å². The maximum atomic E-state index is 12.6. The number of rotatable bonds is 12. The van der Waals surface area contributed by atoms with Gasteiger partial charge in [0.25, 0.3) is 0 Å². The van der Waals surface area contributed by atoms with Crippen molar-refractivity contribution in [3.63, 3.8) is 0 Å². The molecule has 46 heavy (non-hydrogen) atoms. The molecule has 0 aliphatic rings. The summed E-state index contributed by atoms with van der Waals surface area (Å²) in [5.74, 6) is -1.25. The summed E-state index contributed by atoms with van der Waals surface area (Å²) in [6, 6.07) is 16.6. The van der Waals surface area contributed by atoms with E-state index in [0.717, 1.165) is 11.1 Å². The Morgan fingerprint density at radius 3 is 1.02 bits per heavy atom. The van der Waals surface area contributed by atoms with Crippen LogP contribution in [-0.4, -0.2) is 23.9 Å². The highest BCUT2D eigenvalue weighted by molar-refractivity contribution is 5.92. The lowest BCUT2D eigenvalue weighted by atomic mass is 10.0. The Labute approximate surface area is 268 Å². The van der Waals surface area contributed by atoms with E-state index < -0.39 is 23.9 Å². The van der Waals surface area contributed by atoms with Crippen LogP contribution in [0.3, 0.4) is 0 Å². The molecule has 0 heterocycles. The van der Waals surface area contributed by atoms with Gasteiger partial charge >= 0.3 is 23.9 Å². The first kappa shape index (κ1) is 34.5. The minimum absolute atomic E-state index is 0.188. The maximum absolute atomic E-state index is 12.6. The molecule has 8 nitrogen and oxygen atoms in total. The normalized spacial score (nSPS) is 10.7. The molecule has 0 saturated heterocycles. The molecule has 0 radical (unpaired) electrons. The molecule has 0 atom stereocenters. The van der Waals surface area contributed by atoms with Gasteiger partial charge < -0.3 is 18.9 Å². The Hall–Kier alpha value is -6.02. The second-order valence-corrected chi connectivity index (χ2v) is 10.4. The Morgan fingerprint density at radius 2 is 0.739 bits per heavy atom. The van der Waals surface area contributed by atoms with E-state index in [4.69, 9.17) is 18.9 Å². The molecule has 0 spiro atoms. The second-order valence-electron chi connectivity index (χ2n) is 10.4. The summed E-state index contributed by atoms with van der Waals surface area (Å²) in [5, 5.41) is 0. The molecular weight excluding hydrogens is 584 g/mol. The molecule has 0 bridgehead atoms. The largest absolute Gasteiger partial charge is 0.423 e. The van der Waals surface area contributed by atoms with E-state index in [2.05, 4.69) is 26.3 Å². The van der Waals surface area contributed by atoms with Crippen molar-refractivity contribution >= 4 is 48.2 Å². The zero-order valence-corrected chi connectivity index (χ0v) is 26.2. The molecule has 0 saturated carbocycles. The van der Waals surface area contributed by atoms with Gasteiger partial charge in [-0.3, -0.25) is 0 Å². The van der Waals surface area contributed by atoms with Gasteiger partial charge in [-0.15, -0.1) is 0 Å². The average molecular weight is 619 g/mol. The summed E-state index contributed by atoms with van der Waals surface area (Å²) < 4.78 is 21.8. The summed E-state index contributed by atoms with van der Waals surface area (Å²) in [6.07, 6.45) is 6.87. The third kappa shape index (κ3) is 10.0. The smallest absolute Gasteiger partial charge is 0.338 e. The molecule has 3 aromatic rings. The van der Waals surface area contributed by atoms with Crippen molar-refractivity contribution < 1.29 is 38.1 Å². The lowest BCUT2D eigenvalue weighted by Gasteiger charge is -2.14. The third-order valence-corrected chi connectivity index (χ3v) is 6.03. The van der Waals surface area contributed by atoms with Crippen molar-refractivity contribution in [2.75, 3.05) is 0 Å². The second kappa shape index (κ2) is 15.6. The van der Waals surface area contributed by atoms with Crippen molar-refractivity contribution in [1.82, 2.24) is 0 Å². The van der Waals surface area contributed by atoms with Gasteiger partial charge in [0.2, 0.25) is 0 Å². The predicted octanol–water partition coefficient (Wildman–Crippen LogP) is 7.95. The molecule has 8 heteroatoms. The van der Waals surface area contributed by atoms with E-state index in [9.17, 15) is 19.2 Å². The van der Waals surface area contributed by atoms with Crippen LogP contribution in [0.4, 0.5) is 0 Å². The highest BCUT2D eigenvalue weighted by Gasteiger charge is 2.16. The van der Waals surface area contributed by atoms with Crippen molar-refractivity contribution in [2.24, 2.45) is 0 Å². The van der Waals surface area contributed by atoms with Crippen LogP contribution in [0.5, 0.6) is 23.0 Å². The molecule has 0 N–H and O–H groups in total. The molecule has 234 valence electrons. The van der Waals surface area contributed by atoms with Gasteiger partial charge in [-0.25, -0.2) is 19.2 Å². The topological polar surface area (TPSA) is 105 Å². The minimum atomic E-state index is -0.639. The predicted molar refractivity (Wildman–Crippen MR) is 179 cm³/mol. The fourth-order valence-corrected chi connectivity index (χ4v) is 3.46. The van der Waals surface area contributed by atoms with Gasteiger partial charge in [0.05, 0.1) is 0 Å². The number of carbonyl (C=O) groups is 4. The fraction of sp³-hybridized carbons (Fsp3) is 0.105. The average Bonchev–Trinajstić information content (AvgIpc) is 3.01. The summed E-state index contributed by atoms with van der Waals surface area (Å²) >= 11 is 0. The lowest BCUT2D eigenvalue weighted by molar-refractivity contribution is -0.131. The summed E-state index contributed by atoms with van der Waals surface area (Å²) in [7, 11) is 0. The van der Waals surface area contributed by atoms with Crippen molar-refractivity contribution in [3.8, 4) is 23.0 Å². The summed E-state index contributed by atoms with van der Waals surface area (Å²) in [5.41, 5.74) is 3.29.